The smallest absolute Gasteiger partial charge is 0.336 e. The third-order valence-electron chi connectivity index (χ3n) is 5.22. The molecule has 0 spiro atoms. The lowest BCUT2D eigenvalue weighted by Gasteiger charge is -2.31. The van der Waals surface area contributed by atoms with Crippen LogP contribution in [0.4, 0.5) is 0 Å². The predicted molar refractivity (Wildman–Crippen MR) is 125 cm³/mol. The van der Waals surface area contributed by atoms with Crippen LogP contribution in [0.3, 0.4) is 0 Å². The number of allylic oxidation sites excluding steroid dienone is 1. The van der Waals surface area contributed by atoms with Gasteiger partial charge in [-0.1, -0.05) is 29.8 Å². The number of carbonyl (C=O) groups excluding carboxylic acids is 2. The van der Waals surface area contributed by atoms with E-state index in [9.17, 15) is 9.59 Å². The van der Waals surface area contributed by atoms with Crippen LogP contribution < -0.4 is 16.0 Å². The number of aliphatic imine (C=N–C) groups is 1. The van der Waals surface area contributed by atoms with Crippen molar-refractivity contribution in [3.05, 3.63) is 57.4 Å². The first kappa shape index (κ1) is 24.6. The molecule has 1 aromatic rings. The Morgan fingerprint density at radius 2 is 2.03 bits per heavy atom. The average molecular weight is 477 g/mol. The minimum atomic E-state index is -0.764. The first-order valence-electron chi connectivity index (χ1n) is 10.8. The van der Waals surface area contributed by atoms with E-state index in [0.29, 0.717) is 40.7 Å². The molecular weight excluding hydrogens is 448 g/mol. The van der Waals surface area contributed by atoms with E-state index >= 15 is 0 Å². The highest BCUT2D eigenvalue weighted by Gasteiger charge is 2.39. The summed E-state index contributed by atoms with van der Waals surface area (Å²) >= 11 is 6.49. The van der Waals surface area contributed by atoms with Crippen molar-refractivity contribution in [3.8, 4) is 0 Å². The number of methoxy groups -OCH3 is 1. The van der Waals surface area contributed by atoms with Gasteiger partial charge in [-0.2, -0.15) is 0 Å². The quantitative estimate of drug-likeness (QED) is 0.366. The summed E-state index contributed by atoms with van der Waals surface area (Å²) in [4.78, 5) is 30.1. The van der Waals surface area contributed by atoms with Crippen LogP contribution in [0.1, 0.15) is 25.3 Å². The molecule has 2 heterocycles. The maximum atomic E-state index is 13.1. The summed E-state index contributed by atoms with van der Waals surface area (Å²) in [5.74, 6) is -1.12. The van der Waals surface area contributed by atoms with E-state index in [-0.39, 0.29) is 18.8 Å². The van der Waals surface area contributed by atoms with E-state index in [2.05, 4.69) is 20.9 Å². The Kier molecular flexibility index (Phi) is 8.73. The van der Waals surface area contributed by atoms with Crippen LogP contribution in [-0.2, 0) is 23.8 Å². The van der Waals surface area contributed by atoms with Gasteiger partial charge in [-0.3, -0.25) is 4.99 Å². The number of nitrogens with zero attached hydrogens (tertiary/aromatic N) is 1. The molecule has 2 aliphatic rings. The zero-order valence-corrected chi connectivity index (χ0v) is 19.8. The number of rotatable bonds is 9. The van der Waals surface area contributed by atoms with Gasteiger partial charge >= 0.3 is 11.9 Å². The molecular formula is C23H29ClN4O5. The van der Waals surface area contributed by atoms with Crippen LogP contribution in [0.2, 0.25) is 5.02 Å². The van der Waals surface area contributed by atoms with Crippen molar-refractivity contribution >= 4 is 29.5 Å². The molecule has 1 aromatic carbocycles. The van der Waals surface area contributed by atoms with Crippen molar-refractivity contribution in [1.29, 1.82) is 0 Å². The number of nitrogens with one attached hydrogen (secondary N) is 3. The van der Waals surface area contributed by atoms with Gasteiger partial charge in [0, 0.05) is 23.8 Å². The molecule has 0 radical (unpaired) electrons. The standard InChI is InChI=1S/C23H29ClN4O5/c1-4-33-22(30)20-17(13-32-12-11-27-23-25-9-10-26-23)28-14(2)18(21(29)31-3)19(20)15-7-5-6-8-16(15)24/h5-8,19,28H,4,9-13H2,1-3H3,(H2,25,26,27). The van der Waals surface area contributed by atoms with Crippen molar-refractivity contribution in [1.82, 2.24) is 16.0 Å². The van der Waals surface area contributed by atoms with E-state index < -0.39 is 17.9 Å². The number of hydrogen-bond donors (Lipinski definition) is 3. The summed E-state index contributed by atoms with van der Waals surface area (Å²) in [6.07, 6.45) is 0. The van der Waals surface area contributed by atoms with Crippen molar-refractivity contribution in [2.24, 2.45) is 4.99 Å². The lowest BCUT2D eigenvalue weighted by Crippen LogP contribution is -2.37. The van der Waals surface area contributed by atoms with Crippen LogP contribution in [0.15, 0.2) is 51.8 Å². The maximum Gasteiger partial charge on any atom is 0.336 e. The van der Waals surface area contributed by atoms with Crippen molar-refractivity contribution in [2.75, 3.05) is 46.6 Å². The van der Waals surface area contributed by atoms with Gasteiger partial charge in [0.1, 0.15) is 0 Å². The number of halogens is 1. The summed E-state index contributed by atoms with van der Waals surface area (Å²) in [6.45, 7) is 6.27. The molecule has 3 rings (SSSR count). The molecule has 1 atom stereocenters. The first-order valence-corrected chi connectivity index (χ1v) is 11.2. The van der Waals surface area contributed by atoms with Crippen LogP contribution >= 0.6 is 11.6 Å². The van der Waals surface area contributed by atoms with Crippen molar-refractivity contribution in [3.63, 3.8) is 0 Å². The second kappa shape index (κ2) is 11.7. The second-order valence-electron chi connectivity index (χ2n) is 7.36. The van der Waals surface area contributed by atoms with Gasteiger partial charge in [0.25, 0.3) is 0 Å². The highest BCUT2D eigenvalue weighted by Crippen LogP contribution is 2.41. The summed E-state index contributed by atoms with van der Waals surface area (Å²) in [5.41, 5.74) is 2.24. The Balaban J connectivity index is 1.91. The van der Waals surface area contributed by atoms with Crippen molar-refractivity contribution in [2.45, 2.75) is 19.8 Å². The van der Waals surface area contributed by atoms with Gasteiger partial charge in [-0.15, -0.1) is 0 Å². The zero-order valence-electron chi connectivity index (χ0n) is 19.0. The van der Waals surface area contributed by atoms with Gasteiger partial charge in [0.05, 0.1) is 56.2 Å². The Labute approximate surface area is 198 Å². The minimum absolute atomic E-state index is 0.114. The molecule has 178 valence electrons. The monoisotopic (exact) mass is 476 g/mol. The molecule has 0 aliphatic carbocycles. The summed E-state index contributed by atoms with van der Waals surface area (Å²) < 4.78 is 16.2. The highest BCUT2D eigenvalue weighted by atomic mass is 35.5. The fourth-order valence-corrected chi connectivity index (χ4v) is 4.04. The van der Waals surface area contributed by atoms with Crippen molar-refractivity contribution < 1.29 is 23.8 Å². The van der Waals surface area contributed by atoms with E-state index in [4.69, 9.17) is 25.8 Å². The fraction of sp³-hybridized carbons (Fsp3) is 0.435. The lowest BCUT2D eigenvalue weighted by atomic mass is 9.80. The topological polar surface area (TPSA) is 110 Å². The largest absolute Gasteiger partial charge is 0.466 e. The van der Waals surface area contributed by atoms with Crippen LogP contribution in [0.5, 0.6) is 0 Å². The SMILES string of the molecule is CCOC(=O)C1=C(COCCNC2=NCCN2)NC(C)=C(C(=O)OC)C1c1ccccc1Cl. The van der Waals surface area contributed by atoms with Crippen LogP contribution in [0.25, 0.3) is 0 Å². The lowest BCUT2D eigenvalue weighted by molar-refractivity contribution is -0.139. The number of dihydropyridines is 1. The van der Waals surface area contributed by atoms with Crippen LogP contribution in [-0.4, -0.2) is 64.5 Å². The number of guanidine groups is 1. The predicted octanol–water partition coefficient (Wildman–Crippen LogP) is 1.86. The number of carbonyl (C=O) groups is 2. The molecule has 0 saturated heterocycles. The fourth-order valence-electron chi connectivity index (χ4n) is 3.79. The highest BCUT2D eigenvalue weighted by molar-refractivity contribution is 6.31. The minimum Gasteiger partial charge on any atom is -0.466 e. The van der Waals surface area contributed by atoms with Crippen LogP contribution in [0, 0.1) is 0 Å². The molecule has 33 heavy (non-hydrogen) atoms. The van der Waals surface area contributed by atoms with Gasteiger partial charge in [-0.25, -0.2) is 9.59 Å². The zero-order chi connectivity index (χ0) is 23.8. The molecule has 1 unspecified atom stereocenters. The normalized spacial score (nSPS) is 17.8. The number of esters is 2. The van der Waals surface area contributed by atoms with Gasteiger partial charge in [-0.05, 0) is 25.5 Å². The second-order valence-corrected chi connectivity index (χ2v) is 7.77. The average Bonchev–Trinajstić information content (AvgIpc) is 3.32. The number of ether oxygens (including phenoxy) is 3. The molecule has 0 amide bonds. The molecule has 2 aliphatic heterocycles. The summed E-state index contributed by atoms with van der Waals surface area (Å²) in [5, 5.41) is 9.86. The summed E-state index contributed by atoms with van der Waals surface area (Å²) in [7, 11) is 1.30. The first-order chi connectivity index (χ1) is 16.0. The number of hydrogen-bond acceptors (Lipinski definition) is 9. The van der Waals surface area contributed by atoms with Gasteiger partial charge in [0.15, 0.2) is 5.96 Å². The molecule has 0 fully saturated rings. The van der Waals surface area contributed by atoms with Gasteiger partial charge in [0.2, 0.25) is 0 Å². The Morgan fingerprint density at radius 3 is 2.70 bits per heavy atom. The third kappa shape index (κ3) is 5.85. The molecule has 0 bridgehead atoms. The molecule has 10 heteroatoms. The molecule has 0 saturated carbocycles. The Bertz CT molecular complexity index is 989. The molecule has 0 aromatic heterocycles. The maximum absolute atomic E-state index is 13.1. The van der Waals surface area contributed by atoms with E-state index in [1.54, 1.807) is 38.1 Å². The third-order valence-corrected chi connectivity index (χ3v) is 5.57. The Morgan fingerprint density at radius 1 is 1.24 bits per heavy atom. The Hall–Kier alpha value is -3.04. The van der Waals surface area contributed by atoms with E-state index in [1.165, 1.54) is 7.11 Å². The van der Waals surface area contributed by atoms with E-state index in [0.717, 1.165) is 19.0 Å². The van der Waals surface area contributed by atoms with Gasteiger partial charge < -0.3 is 30.2 Å². The van der Waals surface area contributed by atoms with E-state index in [1.807, 2.05) is 0 Å². The molecule has 9 nitrogen and oxygen atoms in total. The molecule has 3 N–H and O–H groups in total. The summed E-state index contributed by atoms with van der Waals surface area (Å²) in [6, 6.07) is 7.09. The number of benzene rings is 1.